The van der Waals surface area contributed by atoms with Gasteiger partial charge in [0, 0.05) is 6.61 Å². The Hall–Kier alpha value is -0.0400. The third kappa shape index (κ3) is 4.21. The van der Waals surface area contributed by atoms with Crippen LogP contribution >= 0.6 is 0 Å². The van der Waals surface area contributed by atoms with Gasteiger partial charge in [-0.2, -0.15) is 0 Å². The Kier molecular flexibility index (Phi) is 6.19. The van der Waals surface area contributed by atoms with Crippen molar-refractivity contribution in [1.82, 2.24) is 0 Å². The van der Waals surface area contributed by atoms with Crippen LogP contribution in [0.5, 0.6) is 0 Å². The fourth-order valence-corrected chi connectivity index (χ4v) is 4.48. The third-order valence-electron chi connectivity index (χ3n) is 5.58. The summed E-state index contributed by atoms with van der Waals surface area (Å²) in [4.78, 5) is 0. The second-order valence-electron chi connectivity index (χ2n) is 7.02. The number of rotatable bonds is 6. The monoisotopic (exact) mass is 266 g/mol. The summed E-state index contributed by atoms with van der Waals surface area (Å²) in [5.41, 5.74) is 0.260. The molecule has 0 aliphatic heterocycles. The van der Waals surface area contributed by atoms with Gasteiger partial charge in [-0.1, -0.05) is 52.4 Å². The molecule has 0 aromatic carbocycles. The van der Waals surface area contributed by atoms with E-state index in [9.17, 15) is 0 Å². The molecule has 2 fully saturated rings. The predicted octanol–water partition coefficient (Wildman–Crippen LogP) is 5.72. The molecule has 0 bridgehead atoms. The average molecular weight is 266 g/mol. The van der Waals surface area contributed by atoms with Crippen molar-refractivity contribution < 1.29 is 4.74 Å². The molecule has 2 aliphatic rings. The van der Waals surface area contributed by atoms with Crippen LogP contribution in [-0.4, -0.2) is 12.2 Å². The topological polar surface area (TPSA) is 9.23 Å². The Bertz CT molecular complexity index is 234. The largest absolute Gasteiger partial charge is 0.375 e. The van der Waals surface area contributed by atoms with E-state index in [1.165, 1.54) is 70.6 Å². The summed E-state index contributed by atoms with van der Waals surface area (Å²) in [5.74, 6) is 2.08. The minimum atomic E-state index is 0.260. The summed E-state index contributed by atoms with van der Waals surface area (Å²) in [6.45, 7) is 5.51. The standard InChI is InChI=1S/C18H34O/c1-3-12-18(19-15-4-2)13-10-17(11-14-18)16-8-6-5-7-9-16/h16-17H,3-15H2,1-2H3/t17-,18+. The minimum Gasteiger partial charge on any atom is -0.375 e. The molecule has 0 atom stereocenters. The number of hydrogen-bond acceptors (Lipinski definition) is 1. The van der Waals surface area contributed by atoms with Crippen molar-refractivity contribution in [2.75, 3.05) is 6.61 Å². The summed E-state index contributed by atoms with van der Waals surface area (Å²) in [6.07, 6.45) is 16.8. The van der Waals surface area contributed by atoms with Crippen LogP contribution in [0.2, 0.25) is 0 Å². The van der Waals surface area contributed by atoms with Crippen molar-refractivity contribution in [1.29, 1.82) is 0 Å². The van der Waals surface area contributed by atoms with E-state index >= 15 is 0 Å². The highest BCUT2D eigenvalue weighted by Gasteiger charge is 2.37. The first kappa shape index (κ1) is 15.4. The molecule has 0 radical (unpaired) electrons. The summed E-state index contributed by atoms with van der Waals surface area (Å²) >= 11 is 0. The molecule has 2 aliphatic carbocycles. The second kappa shape index (κ2) is 7.67. The van der Waals surface area contributed by atoms with Crippen LogP contribution in [0.4, 0.5) is 0 Å². The summed E-state index contributed by atoms with van der Waals surface area (Å²) < 4.78 is 6.30. The Balaban J connectivity index is 1.83. The van der Waals surface area contributed by atoms with E-state index < -0.39 is 0 Å². The first-order valence-electron chi connectivity index (χ1n) is 8.93. The Morgan fingerprint density at radius 2 is 1.47 bits per heavy atom. The molecule has 19 heavy (non-hydrogen) atoms. The van der Waals surface area contributed by atoms with Crippen molar-refractivity contribution in [2.24, 2.45) is 11.8 Å². The van der Waals surface area contributed by atoms with E-state index in [-0.39, 0.29) is 5.60 Å². The molecule has 0 aromatic heterocycles. The van der Waals surface area contributed by atoms with E-state index in [0.717, 1.165) is 24.9 Å². The van der Waals surface area contributed by atoms with Crippen LogP contribution < -0.4 is 0 Å². The highest BCUT2D eigenvalue weighted by molar-refractivity contribution is 4.89. The van der Waals surface area contributed by atoms with Crippen LogP contribution in [-0.2, 0) is 4.74 Å². The smallest absolute Gasteiger partial charge is 0.0682 e. The third-order valence-corrected chi connectivity index (χ3v) is 5.58. The first-order chi connectivity index (χ1) is 9.29. The molecule has 2 rings (SSSR count). The van der Waals surface area contributed by atoms with Gasteiger partial charge in [-0.05, 0) is 50.4 Å². The lowest BCUT2D eigenvalue weighted by Gasteiger charge is -2.43. The van der Waals surface area contributed by atoms with Crippen LogP contribution in [0.25, 0.3) is 0 Å². The maximum atomic E-state index is 6.30. The molecule has 0 unspecified atom stereocenters. The van der Waals surface area contributed by atoms with Crippen LogP contribution in [0.15, 0.2) is 0 Å². The molecule has 0 N–H and O–H groups in total. The van der Waals surface area contributed by atoms with Gasteiger partial charge in [-0.15, -0.1) is 0 Å². The predicted molar refractivity (Wildman–Crippen MR) is 82.4 cm³/mol. The lowest BCUT2D eigenvalue weighted by atomic mass is 9.68. The van der Waals surface area contributed by atoms with Gasteiger partial charge in [0.05, 0.1) is 5.60 Å². The zero-order valence-corrected chi connectivity index (χ0v) is 13.3. The molecule has 0 saturated heterocycles. The van der Waals surface area contributed by atoms with Crippen molar-refractivity contribution in [3.8, 4) is 0 Å². The van der Waals surface area contributed by atoms with Crippen molar-refractivity contribution in [2.45, 2.75) is 96.5 Å². The highest BCUT2D eigenvalue weighted by Crippen LogP contribution is 2.44. The van der Waals surface area contributed by atoms with E-state index in [1.54, 1.807) is 0 Å². The normalized spacial score (nSPS) is 33.5. The fourth-order valence-electron chi connectivity index (χ4n) is 4.48. The summed E-state index contributed by atoms with van der Waals surface area (Å²) in [5, 5.41) is 0. The van der Waals surface area contributed by atoms with Gasteiger partial charge in [-0.25, -0.2) is 0 Å². The zero-order valence-electron chi connectivity index (χ0n) is 13.3. The number of hydrogen-bond donors (Lipinski definition) is 0. The maximum absolute atomic E-state index is 6.30. The van der Waals surface area contributed by atoms with Gasteiger partial charge in [0.25, 0.3) is 0 Å². The molecule has 0 heterocycles. The molecule has 0 aromatic rings. The quantitative estimate of drug-likeness (QED) is 0.597. The van der Waals surface area contributed by atoms with Crippen LogP contribution in [0.1, 0.15) is 90.9 Å². The van der Waals surface area contributed by atoms with E-state index in [0.29, 0.717) is 0 Å². The van der Waals surface area contributed by atoms with Gasteiger partial charge < -0.3 is 4.74 Å². The van der Waals surface area contributed by atoms with Gasteiger partial charge in [-0.3, -0.25) is 0 Å². The van der Waals surface area contributed by atoms with Gasteiger partial charge in [0.1, 0.15) is 0 Å². The lowest BCUT2D eigenvalue weighted by molar-refractivity contribution is -0.0887. The van der Waals surface area contributed by atoms with E-state index in [2.05, 4.69) is 13.8 Å². The summed E-state index contributed by atoms with van der Waals surface area (Å²) in [7, 11) is 0. The first-order valence-corrected chi connectivity index (χ1v) is 8.93. The van der Waals surface area contributed by atoms with Crippen molar-refractivity contribution in [3.63, 3.8) is 0 Å². The molecule has 1 nitrogen and oxygen atoms in total. The Labute approximate surface area is 120 Å². The van der Waals surface area contributed by atoms with Crippen molar-refractivity contribution in [3.05, 3.63) is 0 Å². The summed E-state index contributed by atoms with van der Waals surface area (Å²) in [6, 6.07) is 0. The molecular formula is C18H34O. The van der Waals surface area contributed by atoms with Gasteiger partial charge >= 0.3 is 0 Å². The fraction of sp³-hybridized carbons (Fsp3) is 1.00. The molecular weight excluding hydrogens is 232 g/mol. The van der Waals surface area contributed by atoms with Gasteiger partial charge in [0.2, 0.25) is 0 Å². The van der Waals surface area contributed by atoms with E-state index in [4.69, 9.17) is 4.74 Å². The van der Waals surface area contributed by atoms with Gasteiger partial charge in [0.15, 0.2) is 0 Å². The van der Waals surface area contributed by atoms with E-state index in [1.807, 2.05) is 0 Å². The molecule has 1 heteroatoms. The lowest BCUT2D eigenvalue weighted by Crippen LogP contribution is -2.39. The molecule has 0 amide bonds. The van der Waals surface area contributed by atoms with Crippen molar-refractivity contribution >= 4 is 0 Å². The maximum Gasteiger partial charge on any atom is 0.0682 e. The molecule has 0 spiro atoms. The highest BCUT2D eigenvalue weighted by atomic mass is 16.5. The Morgan fingerprint density at radius 1 is 0.842 bits per heavy atom. The molecule has 112 valence electrons. The van der Waals surface area contributed by atoms with Crippen LogP contribution in [0.3, 0.4) is 0 Å². The average Bonchev–Trinajstić information content (AvgIpc) is 2.47. The number of ether oxygens (including phenoxy) is 1. The van der Waals surface area contributed by atoms with Crippen LogP contribution in [0, 0.1) is 11.8 Å². The Morgan fingerprint density at radius 3 is 2.05 bits per heavy atom. The second-order valence-corrected chi connectivity index (χ2v) is 7.02. The zero-order chi connectivity index (χ0) is 13.6. The SMILES string of the molecule is CCCO[C@]1(CCC)CC[C@H](C2CCCCC2)CC1. The molecule has 2 saturated carbocycles. The minimum absolute atomic E-state index is 0.260.